The van der Waals surface area contributed by atoms with E-state index in [1.807, 2.05) is 0 Å². The second-order valence-corrected chi connectivity index (χ2v) is 7.72. The molecule has 1 aromatic rings. The molecule has 0 aliphatic heterocycles. The van der Waals surface area contributed by atoms with Crippen LogP contribution in [-0.2, 0) is 0 Å². The highest BCUT2D eigenvalue weighted by Crippen LogP contribution is 2.34. The zero-order chi connectivity index (χ0) is 13.1. The van der Waals surface area contributed by atoms with Gasteiger partial charge in [0.1, 0.15) is 0 Å². The first-order valence-electron chi connectivity index (χ1n) is 6.22. The second-order valence-electron chi connectivity index (χ2n) is 6.12. The zero-order valence-electron chi connectivity index (χ0n) is 11.5. The predicted molar refractivity (Wildman–Crippen MR) is 81.7 cm³/mol. The van der Waals surface area contributed by atoms with Gasteiger partial charge in [0.2, 0.25) is 0 Å². The van der Waals surface area contributed by atoms with Crippen molar-refractivity contribution in [1.29, 1.82) is 0 Å². The Hall–Kier alpha value is 0.140. The van der Waals surface area contributed by atoms with Gasteiger partial charge in [-0.05, 0) is 58.1 Å². The van der Waals surface area contributed by atoms with Crippen LogP contribution in [-0.4, -0.2) is 7.05 Å². The summed E-state index contributed by atoms with van der Waals surface area (Å²) in [4.78, 5) is 0. The lowest BCUT2D eigenvalue weighted by Gasteiger charge is -2.26. The molecular formula is C14H24BrNS. The van der Waals surface area contributed by atoms with Gasteiger partial charge in [-0.3, -0.25) is 0 Å². The number of hydrogen-bond donors (Lipinski definition) is 1. The Morgan fingerprint density at radius 2 is 2.00 bits per heavy atom. The van der Waals surface area contributed by atoms with Gasteiger partial charge >= 0.3 is 0 Å². The fraction of sp³-hybridized carbons (Fsp3) is 0.714. The van der Waals surface area contributed by atoms with Gasteiger partial charge in [-0.15, -0.1) is 0 Å². The minimum Gasteiger partial charge on any atom is -0.313 e. The van der Waals surface area contributed by atoms with Gasteiger partial charge in [0.05, 0.1) is 0 Å². The lowest BCUT2D eigenvalue weighted by atomic mass is 9.82. The molecule has 1 nitrogen and oxygen atoms in total. The van der Waals surface area contributed by atoms with Crippen molar-refractivity contribution >= 4 is 27.3 Å². The maximum Gasteiger partial charge on any atom is 0.0339 e. The van der Waals surface area contributed by atoms with Gasteiger partial charge in [-0.25, -0.2) is 0 Å². The van der Waals surface area contributed by atoms with Crippen molar-refractivity contribution < 1.29 is 0 Å². The summed E-state index contributed by atoms with van der Waals surface area (Å²) < 4.78 is 1.24. The first-order chi connectivity index (χ1) is 7.83. The van der Waals surface area contributed by atoms with E-state index >= 15 is 0 Å². The Labute approximate surface area is 118 Å². The van der Waals surface area contributed by atoms with Gasteiger partial charge in [0.15, 0.2) is 0 Å². The molecule has 1 heterocycles. The minimum absolute atomic E-state index is 0.420. The summed E-state index contributed by atoms with van der Waals surface area (Å²) in [6, 6.07) is 0.466. The molecular weight excluding hydrogens is 294 g/mol. The molecule has 0 saturated heterocycles. The molecule has 2 unspecified atom stereocenters. The average Bonchev–Trinajstić information content (AvgIpc) is 2.58. The average molecular weight is 318 g/mol. The molecule has 0 aliphatic rings. The van der Waals surface area contributed by atoms with Crippen molar-refractivity contribution in [1.82, 2.24) is 5.32 Å². The first kappa shape index (κ1) is 15.2. The predicted octanol–water partition coefficient (Wildman–Crippen LogP) is 5.23. The topological polar surface area (TPSA) is 12.0 Å². The van der Waals surface area contributed by atoms with Crippen LogP contribution in [0.5, 0.6) is 0 Å². The summed E-state index contributed by atoms with van der Waals surface area (Å²) >= 11 is 5.39. The molecule has 98 valence electrons. The fourth-order valence-electron chi connectivity index (χ4n) is 2.47. The van der Waals surface area contributed by atoms with Crippen molar-refractivity contribution in [2.45, 2.75) is 46.6 Å². The third-order valence-electron chi connectivity index (χ3n) is 2.97. The third kappa shape index (κ3) is 5.11. The van der Waals surface area contributed by atoms with E-state index in [1.54, 1.807) is 11.3 Å². The maximum absolute atomic E-state index is 3.63. The summed E-state index contributed by atoms with van der Waals surface area (Å²) in [6.07, 6.45) is 2.47. The van der Waals surface area contributed by atoms with Crippen molar-refractivity contribution in [2.75, 3.05) is 7.05 Å². The number of hydrogen-bond acceptors (Lipinski definition) is 2. The molecule has 0 radical (unpaired) electrons. The van der Waals surface area contributed by atoms with Crippen LogP contribution in [0.25, 0.3) is 0 Å². The van der Waals surface area contributed by atoms with Crippen molar-refractivity contribution in [3.05, 3.63) is 20.8 Å². The SMILES string of the molecule is CNC(CC(C)CC(C)(C)C)c1cscc1Br. The molecule has 0 spiro atoms. The Bertz CT molecular complexity index is 340. The lowest BCUT2D eigenvalue weighted by molar-refractivity contribution is 0.279. The second kappa shape index (κ2) is 6.35. The third-order valence-corrected chi connectivity index (χ3v) is 4.72. The van der Waals surface area contributed by atoms with Crippen LogP contribution < -0.4 is 5.32 Å². The molecule has 0 bridgehead atoms. The molecule has 0 saturated carbocycles. The molecule has 1 aromatic heterocycles. The molecule has 17 heavy (non-hydrogen) atoms. The number of thiophene rings is 1. The zero-order valence-corrected chi connectivity index (χ0v) is 13.9. The van der Waals surface area contributed by atoms with Crippen molar-refractivity contribution in [3.63, 3.8) is 0 Å². The van der Waals surface area contributed by atoms with Crippen LogP contribution in [0, 0.1) is 11.3 Å². The first-order valence-corrected chi connectivity index (χ1v) is 7.96. The van der Waals surface area contributed by atoms with Gasteiger partial charge in [0.25, 0.3) is 0 Å². The Kier molecular flexibility index (Phi) is 5.68. The van der Waals surface area contributed by atoms with E-state index in [-0.39, 0.29) is 0 Å². The summed E-state index contributed by atoms with van der Waals surface area (Å²) in [5.41, 5.74) is 1.82. The van der Waals surface area contributed by atoms with E-state index in [0.717, 1.165) is 5.92 Å². The van der Waals surface area contributed by atoms with Crippen LogP contribution >= 0.6 is 27.3 Å². The maximum atomic E-state index is 3.63. The largest absolute Gasteiger partial charge is 0.313 e. The Morgan fingerprint density at radius 1 is 1.35 bits per heavy atom. The Morgan fingerprint density at radius 3 is 2.41 bits per heavy atom. The quantitative estimate of drug-likeness (QED) is 0.783. The standard InChI is InChI=1S/C14H24BrNS/c1-10(7-14(2,3)4)6-13(16-5)11-8-17-9-12(11)15/h8-10,13,16H,6-7H2,1-5H3. The van der Waals surface area contributed by atoms with E-state index in [4.69, 9.17) is 0 Å². The molecule has 1 rings (SSSR count). The van der Waals surface area contributed by atoms with Gasteiger partial charge in [-0.2, -0.15) is 11.3 Å². The van der Waals surface area contributed by atoms with Gasteiger partial charge < -0.3 is 5.32 Å². The highest BCUT2D eigenvalue weighted by molar-refractivity contribution is 9.10. The van der Waals surface area contributed by atoms with Crippen LogP contribution in [0.4, 0.5) is 0 Å². The van der Waals surface area contributed by atoms with Gasteiger partial charge in [-0.1, -0.05) is 27.7 Å². The van der Waals surface area contributed by atoms with E-state index in [2.05, 4.69) is 66.7 Å². The van der Waals surface area contributed by atoms with Gasteiger partial charge in [0, 0.05) is 15.9 Å². The van der Waals surface area contributed by atoms with Crippen LogP contribution in [0.1, 0.15) is 52.1 Å². The number of halogens is 1. The minimum atomic E-state index is 0.420. The lowest BCUT2D eigenvalue weighted by Crippen LogP contribution is -2.21. The number of rotatable bonds is 5. The molecule has 2 atom stereocenters. The smallest absolute Gasteiger partial charge is 0.0339 e. The van der Waals surface area contributed by atoms with E-state index in [0.29, 0.717) is 11.5 Å². The molecule has 1 N–H and O–H groups in total. The molecule has 0 amide bonds. The highest BCUT2D eigenvalue weighted by Gasteiger charge is 2.20. The fourth-order valence-corrected chi connectivity index (χ4v) is 4.10. The summed E-state index contributed by atoms with van der Waals surface area (Å²) in [5, 5.41) is 7.84. The van der Waals surface area contributed by atoms with Crippen molar-refractivity contribution in [2.24, 2.45) is 11.3 Å². The molecule has 0 fully saturated rings. The summed E-state index contributed by atoms with van der Waals surface area (Å²) in [5.74, 6) is 0.735. The van der Waals surface area contributed by atoms with Crippen LogP contribution in [0.2, 0.25) is 0 Å². The van der Waals surface area contributed by atoms with E-state index in [1.165, 1.54) is 22.9 Å². The highest BCUT2D eigenvalue weighted by atomic mass is 79.9. The Balaban J connectivity index is 2.62. The van der Waals surface area contributed by atoms with Crippen LogP contribution in [0.15, 0.2) is 15.2 Å². The van der Waals surface area contributed by atoms with E-state index in [9.17, 15) is 0 Å². The van der Waals surface area contributed by atoms with E-state index < -0.39 is 0 Å². The van der Waals surface area contributed by atoms with Crippen LogP contribution in [0.3, 0.4) is 0 Å². The summed E-state index contributed by atoms with van der Waals surface area (Å²) in [6.45, 7) is 9.31. The van der Waals surface area contributed by atoms with Crippen molar-refractivity contribution in [3.8, 4) is 0 Å². The number of nitrogens with one attached hydrogen (secondary N) is 1. The molecule has 0 aliphatic carbocycles. The normalized spacial score (nSPS) is 15.9. The molecule has 0 aromatic carbocycles. The molecule has 3 heteroatoms. The monoisotopic (exact) mass is 317 g/mol. The summed E-state index contributed by atoms with van der Waals surface area (Å²) in [7, 11) is 2.05.